The van der Waals surface area contributed by atoms with Crippen LogP contribution < -0.4 is 0 Å². The molecule has 1 aliphatic rings. The molecule has 1 rings (SSSR count). The molecule has 0 aromatic carbocycles. The quantitative estimate of drug-likeness (QED) is 0.725. The molecule has 0 radical (unpaired) electrons. The predicted octanol–water partition coefficient (Wildman–Crippen LogP) is 3.72. The average Bonchev–Trinajstić information content (AvgIpc) is 2.30. The topological polar surface area (TPSA) is 29.5 Å². The van der Waals surface area contributed by atoms with Crippen LogP contribution in [0.4, 0.5) is 13.2 Å². The van der Waals surface area contributed by atoms with Crippen molar-refractivity contribution in [3.8, 4) is 0 Å². The highest BCUT2D eigenvalue weighted by atomic mass is 35.5. The van der Waals surface area contributed by atoms with Crippen LogP contribution in [0.2, 0.25) is 0 Å². The summed E-state index contributed by atoms with van der Waals surface area (Å²) in [6, 6.07) is 0. The van der Waals surface area contributed by atoms with Gasteiger partial charge in [-0.1, -0.05) is 32.6 Å². The third-order valence-electron chi connectivity index (χ3n) is 3.23. The second-order valence-electron chi connectivity index (χ2n) is 4.74. The number of halogens is 4. The third kappa shape index (κ3) is 7.01. The third-order valence-corrected chi connectivity index (χ3v) is 3.23. The first-order valence-corrected chi connectivity index (χ1v) is 6.47. The van der Waals surface area contributed by atoms with Gasteiger partial charge in [-0.25, -0.2) is 4.79 Å². The number of alkyl halides is 3. The minimum absolute atomic E-state index is 0. The number of hydroxylamine groups is 2. The van der Waals surface area contributed by atoms with E-state index < -0.39 is 12.1 Å². The Labute approximate surface area is 117 Å². The molecule has 3 nitrogen and oxygen atoms in total. The summed E-state index contributed by atoms with van der Waals surface area (Å²) < 4.78 is 36.0. The molecular weight excluding hydrogens is 283 g/mol. The van der Waals surface area contributed by atoms with Crippen molar-refractivity contribution in [2.45, 2.75) is 51.6 Å². The molecule has 1 heterocycles. The van der Waals surface area contributed by atoms with Gasteiger partial charge in [-0.2, -0.15) is 13.2 Å². The van der Waals surface area contributed by atoms with Crippen LogP contribution in [0.5, 0.6) is 0 Å². The van der Waals surface area contributed by atoms with E-state index in [1.807, 2.05) is 0 Å². The van der Waals surface area contributed by atoms with Crippen LogP contribution in [0.15, 0.2) is 0 Å². The molecule has 0 aliphatic carbocycles. The van der Waals surface area contributed by atoms with Crippen LogP contribution in [0.3, 0.4) is 0 Å². The standard InChI is InChI=1S/C12H20F3NO2.ClH/c1-2-3-4-5-10-6-8-16(9-7-10)18-11(17)12(13,14)15;/h10H,2-9H2,1H3;1H. The molecule has 0 bridgehead atoms. The molecule has 0 saturated carbocycles. The van der Waals surface area contributed by atoms with Crippen LogP contribution in [0, 0.1) is 5.92 Å². The maximum Gasteiger partial charge on any atom is 0.492 e. The maximum absolute atomic E-state index is 12.0. The van der Waals surface area contributed by atoms with Gasteiger partial charge < -0.3 is 4.84 Å². The van der Waals surface area contributed by atoms with E-state index in [0.717, 1.165) is 24.3 Å². The van der Waals surface area contributed by atoms with Crippen LogP contribution in [0.25, 0.3) is 0 Å². The maximum atomic E-state index is 12.0. The largest absolute Gasteiger partial charge is 0.492 e. The molecule has 1 fully saturated rings. The zero-order valence-electron chi connectivity index (χ0n) is 11.0. The number of hydrogen-bond donors (Lipinski definition) is 0. The lowest BCUT2D eigenvalue weighted by Gasteiger charge is -2.30. The van der Waals surface area contributed by atoms with Gasteiger partial charge in [-0.3, -0.25) is 0 Å². The molecule has 0 amide bonds. The average molecular weight is 304 g/mol. The summed E-state index contributed by atoms with van der Waals surface area (Å²) in [6.45, 7) is 2.94. The Hall–Kier alpha value is -0.490. The summed E-state index contributed by atoms with van der Waals surface area (Å²) in [5.41, 5.74) is 0. The van der Waals surface area contributed by atoms with Gasteiger partial charge in [0, 0.05) is 13.1 Å². The van der Waals surface area contributed by atoms with Crippen molar-refractivity contribution in [2.24, 2.45) is 5.92 Å². The second kappa shape index (κ2) is 8.64. The van der Waals surface area contributed by atoms with Gasteiger partial charge in [-0.15, -0.1) is 17.5 Å². The number of carbonyl (C=O) groups excluding carboxylic acids is 1. The van der Waals surface area contributed by atoms with Crippen LogP contribution in [0.1, 0.15) is 45.4 Å². The Kier molecular flexibility index (Phi) is 8.41. The van der Waals surface area contributed by atoms with Crippen LogP contribution >= 0.6 is 12.4 Å². The number of hydrogen-bond acceptors (Lipinski definition) is 3. The smallest absolute Gasteiger partial charge is 0.361 e. The van der Waals surface area contributed by atoms with Crippen molar-refractivity contribution in [1.82, 2.24) is 5.06 Å². The monoisotopic (exact) mass is 303 g/mol. The molecule has 1 saturated heterocycles. The Morgan fingerprint density at radius 1 is 1.26 bits per heavy atom. The summed E-state index contributed by atoms with van der Waals surface area (Å²) in [7, 11) is 0. The molecule has 0 spiro atoms. The summed E-state index contributed by atoms with van der Waals surface area (Å²) in [5.74, 6) is -1.57. The molecule has 0 aromatic heterocycles. The number of piperidine rings is 1. The van der Waals surface area contributed by atoms with Gasteiger partial charge in [0.05, 0.1) is 0 Å². The molecule has 19 heavy (non-hydrogen) atoms. The summed E-state index contributed by atoms with van der Waals surface area (Å²) in [5, 5.41) is 1.13. The molecule has 0 N–H and O–H groups in total. The fourth-order valence-corrected chi connectivity index (χ4v) is 2.14. The highest BCUT2D eigenvalue weighted by molar-refractivity contribution is 5.85. The van der Waals surface area contributed by atoms with E-state index in [1.165, 1.54) is 19.3 Å². The van der Waals surface area contributed by atoms with Crippen molar-refractivity contribution >= 4 is 18.4 Å². The van der Waals surface area contributed by atoms with Crippen molar-refractivity contribution in [3.05, 3.63) is 0 Å². The van der Waals surface area contributed by atoms with Crippen LogP contribution in [-0.4, -0.2) is 30.3 Å². The zero-order valence-corrected chi connectivity index (χ0v) is 11.9. The second-order valence-corrected chi connectivity index (χ2v) is 4.74. The predicted molar refractivity (Wildman–Crippen MR) is 67.8 cm³/mol. The van der Waals surface area contributed by atoms with Crippen molar-refractivity contribution in [3.63, 3.8) is 0 Å². The van der Waals surface area contributed by atoms with E-state index in [0.29, 0.717) is 19.0 Å². The fraction of sp³-hybridized carbons (Fsp3) is 0.917. The molecular formula is C12H21ClF3NO2. The minimum Gasteiger partial charge on any atom is -0.361 e. The normalized spacial score (nSPS) is 17.9. The SMILES string of the molecule is CCCCCC1CCN(OC(=O)C(F)(F)F)CC1.Cl. The molecule has 0 atom stereocenters. The van der Waals surface area contributed by atoms with Gasteiger partial charge >= 0.3 is 12.1 Å². The number of unbranched alkanes of at least 4 members (excludes halogenated alkanes) is 2. The van der Waals surface area contributed by atoms with Gasteiger partial charge in [0.15, 0.2) is 0 Å². The Morgan fingerprint density at radius 2 is 1.84 bits per heavy atom. The lowest BCUT2D eigenvalue weighted by molar-refractivity contribution is -0.242. The van der Waals surface area contributed by atoms with Gasteiger partial charge in [-0.05, 0) is 18.8 Å². The molecule has 1 aliphatic heterocycles. The minimum atomic E-state index is -4.90. The highest BCUT2D eigenvalue weighted by Gasteiger charge is 2.42. The van der Waals surface area contributed by atoms with E-state index in [2.05, 4.69) is 11.8 Å². The van der Waals surface area contributed by atoms with Crippen molar-refractivity contribution < 1.29 is 22.8 Å². The first-order valence-electron chi connectivity index (χ1n) is 6.47. The van der Waals surface area contributed by atoms with Crippen molar-refractivity contribution in [2.75, 3.05) is 13.1 Å². The van der Waals surface area contributed by atoms with E-state index in [9.17, 15) is 18.0 Å². The first kappa shape index (κ1) is 18.5. The summed E-state index contributed by atoms with van der Waals surface area (Å²) in [4.78, 5) is 14.9. The van der Waals surface area contributed by atoms with Gasteiger partial charge in [0.2, 0.25) is 0 Å². The lowest BCUT2D eigenvalue weighted by atomic mass is 9.92. The highest BCUT2D eigenvalue weighted by Crippen LogP contribution is 2.24. The number of carbonyl (C=O) groups is 1. The lowest BCUT2D eigenvalue weighted by Crippen LogP contribution is -2.39. The van der Waals surface area contributed by atoms with Gasteiger partial charge in [0.25, 0.3) is 0 Å². The van der Waals surface area contributed by atoms with E-state index in [-0.39, 0.29) is 12.4 Å². The molecule has 0 aromatic rings. The first-order chi connectivity index (χ1) is 8.43. The van der Waals surface area contributed by atoms with E-state index in [4.69, 9.17) is 0 Å². The number of rotatable bonds is 5. The molecule has 114 valence electrons. The van der Waals surface area contributed by atoms with E-state index >= 15 is 0 Å². The van der Waals surface area contributed by atoms with Gasteiger partial charge in [0.1, 0.15) is 0 Å². The number of nitrogens with zero attached hydrogens (tertiary/aromatic N) is 1. The Bertz CT molecular complexity index is 266. The fourth-order valence-electron chi connectivity index (χ4n) is 2.14. The summed E-state index contributed by atoms with van der Waals surface area (Å²) >= 11 is 0. The zero-order chi connectivity index (χ0) is 13.6. The Morgan fingerprint density at radius 3 is 2.32 bits per heavy atom. The summed E-state index contributed by atoms with van der Waals surface area (Å²) in [6.07, 6.45) is 1.35. The van der Waals surface area contributed by atoms with Crippen molar-refractivity contribution in [1.29, 1.82) is 0 Å². The van der Waals surface area contributed by atoms with E-state index in [1.54, 1.807) is 0 Å². The molecule has 7 heteroatoms. The van der Waals surface area contributed by atoms with Crippen LogP contribution in [-0.2, 0) is 9.63 Å². The Balaban J connectivity index is 0.00000324. The molecule has 0 unspecified atom stereocenters.